The predicted octanol–water partition coefficient (Wildman–Crippen LogP) is 3.09. The molecule has 0 aliphatic carbocycles. The normalized spacial score (nSPS) is 11.9. The van der Waals surface area contributed by atoms with E-state index < -0.39 is 0 Å². The highest BCUT2D eigenvalue weighted by molar-refractivity contribution is 5.89. The Bertz CT molecular complexity index is 641. The summed E-state index contributed by atoms with van der Waals surface area (Å²) in [5.74, 6) is 1.32. The van der Waals surface area contributed by atoms with Gasteiger partial charge in [0.05, 0.1) is 31.1 Å². The van der Waals surface area contributed by atoms with Crippen LogP contribution in [0.3, 0.4) is 0 Å². The molecule has 3 N–H and O–H groups in total. The van der Waals surface area contributed by atoms with E-state index >= 15 is 0 Å². The Morgan fingerprint density at radius 2 is 2.04 bits per heavy atom. The van der Waals surface area contributed by atoms with Crippen LogP contribution in [0, 0.1) is 0 Å². The summed E-state index contributed by atoms with van der Waals surface area (Å²) < 4.78 is 11.0. The van der Waals surface area contributed by atoms with Crippen LogP contribution in [-0.2, 0) is 0 Å². The summed E-state index contributed by atoms with van der Waals surface area (Å²) in [5, 5.41) is 12.0. The summed E-state index contributed by atoms with van der Waals surface area (Å²) in [7, 11) is 1.59. The van der Waals surface area contributed by atoms with Gasteiger partial charge in [0, 0.05) is 6.20 Å². The van der Waals surface area contributed by atoms with Gasteiger partial charge in [-0.3, -0.25) is 5.10 Å². The molecule has 23 heavy (non-hydrogen) atoms. The molecule has 0 aliphatic rings. The van der Waals surface area contributed by atoms with Crippen molar-refractivity contribution in [3.63, 3.8) is 0 Å². The van der Waals surface area contributed by atoms with E-state index in [4.69, 9.17) is 9.47 Å². The maximum atomic E-state index is 11.9. The number of amides is 2. The van der Waals surface area contributed by atoms with Crippen molar-refractivity contribution < 1.29 is 14.3 Å². The van der Waals surface area contributed by atoms with E-state index in [-0.39, 0.29) is 18.2 Å². The average molecular weight is 318 g/mol. The first kappa shape index (κ1) is 16.7. The fraction of sp³-hybridized carbons (Fsp3) is 0.375. The molecular formula is C16H22N4O3. The smallest absolute Gasteiger partial charge is 0.319 e. The molecule has 0 bridgehead atoms. The van der Waals surface area contributed by atoms with Crippen LogP contribution in [0.2, 0.25) is 0 Å². The molecule has 1 unspecified atom stereocenters. The number of aromatic nitrogens is 2. The summed E-state index contributed by atoms with van der Waals surface area (Å²) in [4.78, 5) is 11.9. The number of anilines is 1. The van der Waals surface area contributed by atoms with E-state index in [0.29, 0.717) is 17.2 Å². The Morgan fingerprint density at radius 1 is 1.26 bits per heavy atom. The standard InChI is InChI=1S/C16H22N4O3/c1-10(2)23-14-6-5-12(7-15(14)22-4)11(3)19-16(21)20-13-8-17-18-9-13/h5-11H,1-4H3,(H,17,18)(H2,19,20,21). The average Bonchev–Trinajstić information content (AvgIpc) is 2.99. The van der Waals surface area contributed by atoms with Crippen molar-refractivity contribution in [1.29, 1.82) is 0 Å². The maximum absolute atomic E-state index is 11.9. The Kier molecular flexibility index (Phi) is 5.46. The third-order valence-corrected chi connectivity index (χ3v) is 3.15. The molecule has 0 saturated heterocycles. The van der Waals surface area contributed by atoms with Gasteiger partial charge in [0.1, 0.15) is 0 Å². The number of nitrogens with one attached hydrogen (secondary N) is 3. The van der Waals surface area contributed by atoms with Gasteiger partial charge in [-0.1, -0.05) is 6.07 Å². The monoisotopic (exact) mass is 318 g/mol. The highest BCUT2D eigenvalue weighted by atomic mass is 16.5. The van der Waals surface area contributed by atoms with Gasteiger partial charge in [-0.25, -0.2) is 4.79 Å². The molecule has 2 amide bonds. The Morgan fingerprint density at radius 3 is 2.65 bits per heavy atom. The number of carbonyl (C=O) groups excluding carboxylic acids is 1. The zero-order valence-corrected chi connectivity index (χ0v) is 13.7. The topological polar surface area (TPSA) is 88.3 Å². The van der Waals surface area contributed by atoms with Crippen molar-refractivity contribution in [2.75, 3.05) is 12.4 Å². The molecule has 1 heterocycles. The number of nitrogens with zero attached hydrogens (tertiary/aromatic N) is 1. The molecule has 0 aliphatic heterocycles. The highest BCUT2D eigenvalue weighted by Crippen LogP contribution is 2.31. The number of ether oxygens (including phenoxy) is 2. The van der Waals surface area contributed by atoms with Crippen LogP contribution >= 0.6 is 0 Å². The zero-order valence-electron chi connectivity index (χ0n) is 13.7. The van der Waals surface area contributed by atoms with E-state index in [0.717, 1.165) is 5.56 Å². The number of methoxy groups -OCH3 is 1. The second-order valence-electron chi connectivity index (χ2n) is 5.38. The number of H-pyrrole nitrogens is 1. The number of hydrogen-bond donors (Lipinski definition) is 3. The Hall–Kier alpha value is -2.70. The van der Waals surface area contributed by atoms with Crippen LogP contribution < -0.4 is 20.1 Å². The van der Waals surface area contributed by atoms with Crippen LogP contribution in [-0.4, -0.2) is 29.4 Å². The number of hydrogen-bond acceptors (Lipinski definition) is 4. The van der Waals surface area contributed by atoms with Gasteiger partial charge in [0.25, 0.3) is 0 Å². The van der Waals surface area contributed by atoms with Crippen molar-refractivity contribution in [2.24, 2.45) is 0 Å². The molecule has 1 atom stereocenters. The number of rotatable bonds is 6. The lowest BCUT2D eigenvalue weighted by Gasteiger charge is -2.18. The lowest BCUT2D eigenvalue weighted by atomic mass is 10.1. The van der Waals surface area contributed by atoms with Crippen molar-refractivity contribution in [3.8, 4) is 11.5 Å². The van der Waals surface area contributed by atoms with E-state index in [1.165, 1.54) is 6.20 Å². The molecule has 2 aromatic rings. The molecule has 0 spiro atoms. The summed E-state index contributed by atoms with van der Waals surface area (Å²) in [5.41, 5.74) is 1.52. The first-order chi connectivity index (χ1) is 11.0. The highest BCUT2D eigenvalue weighted by Gasteiger charge is 2.14. The molecule has 2 rings (SSSR count). The first-order valence-electron chi connectivity index (χ1n) is 7.40. The van der Waals surface area contributed by atoms with E-state index in [1.54, 1.807) is 13.3 Å². The van der Waals surface area contributed by atoms with Crippen molar-refractivity contribution in [3.05, 3.63) is 36.2 Å². The van der Waals surface area contributed by atoms with E-state index in [2.05, 4.69) is 20.8 Å². The Balaban J connectivity index is 2.03. The molecule has 1 aromatic heterocycles. The van der Waals surface area contributed by atoms with Crippen molar-refractivity contribution >= 4 is 11.7 Å². The minimum atomic E-state index is -0.305. The zero-order chi connectivity index (χ0) is 16.8. The van der Waals surface area contributed by atoms with Crippen LogP contribution in [0.4, 0.5) is 10.5 Å². The summed E-state index contributed by atoms with van der Waals surface area (Å²) in [6, 6.07) is 5.12. The minimum Gasteiger partial charge on any atom is -0.493 e. The van der Waals surface area contributed by atoms with Gasteiger partial charge in [-0.2, -0.15) is 5.10 Å². The molecule has 1 aromatic carbocycles. The summed E-state index contributed by atoms with van der Waals surface area (Å²) in [6.45, 7) is 5.81. The van der Waals surface area contributed by atoms with Gasteiger partial charge in [0.15, 0.2) is 11.5 Å². The fourth-order valence-electron chi connectivity index (χ4n) is 2.07. The SMILES string of the molecule is COc1cc(C(C)NC(=O)Nc2cn[nH]c2)ccc1OC(C)C. The van der Waals surface area contributed by atoms with Gasteiger partial charge < -0.3 is 20.1 Å². The second-order valence-corrected chi connectivity index (χ2v) is 5.38. The largest absolute Gasteiger partial charge is 0.493 e. The second kappa shape index (κ2) is 7.53. The molecule has 7 heteroatoms. The van der Waals surface area contributed by atoms with E-state index in [9.17, 15) is 4.79 Å². The lowest BCUT2D eigenvalue weighted by molar-refractivity contribution is 0.230. The number of benzene rings is 1. The fourth-order valence-corrected chi connectivity index (χ4v) is 2.07. The summed E-state index contributed by atoms with van der Waals surface area (Å²) in [6.07, 6.45) is 3.20. The van der Waals surface area contributed by atoms with Crippen molar-refractivity contribution in [1.82, 2.24) is 15.5 Å². The molecule has 7 nitrogen and oxygen atoms in total. The summed E-state index contributed by atoms with van der Waals surface area (Å²) >= 11 is 0. The molecule has 124 valence electrons. The molecule has 0 saturated carbocycles. The van der Waals surface area contributed by atoms with E-state index in [1.807, 2.05) is 39.0 Å². The molecular weight excluding hydrogens is 296 g/mol. The minimum absolute atomic E-state index is 0.0611. The quantitative estimate of drug-likeness (QED) is 0.763. The Labute approximate surface area is 135 Å². The van der Waals surface area contributed by atoms with Crippen LogP contribution in [0.1, 0.15) is 32.4 Å². The van der Waals surface area contributed by atoms with Gasteiger partial charge in [-0.05, 0) is 38.5 Å². The predicted molar refractivity (Wildman–Crippen MR) is 87.9 cm³/mol. The van der Waals surface area contributed by atoms with Gasteiger partial charge >= 0.3 is 6.03 Å². The number of carbonyl (C=O) groups is 1. The first-order valence-corrected chi connectivity index (χ1v) is 7.40. The van der Waals surface area contributed by atoms with Crippen LogP contribution in [0.5, 0.6) is 11.5 Å². The lowest BCUT2D eigenvalue weighted by Crippen LogP contribution is -2.31. The molecule has 0 radical (unpaired) electrons. The molecule has 0 fully saturated rings. The van der Waals surface area contributed by atoms with Crippen molar-refractivity contribution in [2.45, 2.75) is 32.9 Å². The number of urea groups is 1. The third kappa shape index (κ3) is 4.64. The maximum Gasteiger partial charge on any atom is 0.319 e. The van der Waals surface area contributed by atoms with Gasteiger partial charge in [0.2, 0.25) is 0 Å². The van der Waals surface area contributed by atoms with Gasteiger partial charge in [-0.15, -0.1) is 0 Å². The van der Waals surface area contributed by atoms with Crippen LogP contribution in [0.25, 0.3) is 0 Å². The number of aromatic amines is 1. The van der Waals surface area contributed by atoms with Crippen LogP contribution in [0.15, 0.2) is 30.6 Å². The third-order valence-electron chi connectivity index (χ3n) is 3.15.